The summed E-state index contributed by atoms with van der Waals surface area (Å²) in [5.74, 6) is 1.34. The van der Waals surface area contributed by atoms with E-state index < -0.39 is 0 Å². The molecule has 2 rings (SSSR count). The summed E-state index contributed by atoms with van der Waals surface area (Å²) >= 11 is 6.21. The van der Waals surface area contributed by atoms with Gasteiger partial charge in [0.05, 0.1) is 0 Å². The van der Waals surface area contributed by atoms with Crippen molar-refractivity contribution in [2.45, 2.75) is 58.4 Å². The molecule has 1 aromatic carbocycles. The van der Waals surface area contributed by atoms with Crippen LogP contribution in [0.2, 0.25) is 5.02 Å². The van der Waals surface area contributed by atoms with Crippen LogP contribution in [0.1, 0.15) is 51.5 Å². The van der Waals surface area contributed by atoms with E-state index in [0.29, 0.717) is 11.9 Å². The fourth-order valence-corrected chi connectivity index (χ4v) is 3.95. The number of aliphatic imine (C=N–C) groups is 1. The molecule has 0 bridgehead atoms. The molecule has 0 unspecified atom stereocenters. The Morgan fingerprint density at radius 3 is 2.48 bits per heavy atom. The van der Waals surface area contributed by atoms with Gasteiger partial charge in [-0.2, -0.15) is 0 Å². The highest BCUT2D eigenvalue weighted by Crippen LogP contribution is 2.18. The molecular weight excluding hydrogens is 499 g/mol. The summed E-state index contributed by atoms with van der Waals surface area (Å²) in [6, 6.07) is 8.35. The number of hydrogen-bond donors (Lipinski definition) is 2. The molecule has 0 saturated carbocycles. The molecule has 2 N–H and O–H groups in total. The zero-order chi connectivity index (χ0) is 20.4. The Bertz CT molecular complexity index is 643. The topological polar surface area (TPSA) is 56.7 Å². The van der Waals surface area contributed by atoms with Crippen molar-refractivity contribution in [2.24, 2.45) is 10.9 Å². The number of carbonyl (C=O) groups excluding carboxylic acids is 1. The maximum Gasteiger partial charge on any atom is 0.225 e. The lowest BCUT2D eigenvalue weighted by atomic mass is 9.98. The van der Waals surface area contributed by atoms with Gasteiger partial charge in [-0.3, -0.25) is 9.79 Å². The standard InChI is InChI=1S/C22H35ClN4O.HI/c1-4-17(5-2)21(28)27-15-12-19(13-16-27)26-22(24-3)25-14-8-10-18-9-6-7-11-20(18)23;/h6-7,9,11,17,19H,4-5,8,10,12-16H2,1-3H3,(H2,24,25,26);1H. The zero-order valence-corrected chi connectivity index (χ0v) is 21.0. The van der Waals surface area contributed by atoms with Crippen molar-refractivity contribution < 1.29 is 4.79 Å². The van der Waals surface area contributed by atoms with Crippen LogP contribution in [-0.4, -0.2) is 49.5 Å². The van der Waals surface area contributed by atoms with Crippen LogP contribution in [0.25, 0.3) is 0 Å². The maximum absolute atomic E-state index is 12.5. The summed E-state index contributed by atoms with van der Waals surface area (Å²) in [6.07, 6.45) is 5.72. The van der Waals surface area contributed by atoms with Gasteiger partial charge in [-0.05, 0) is 50.2 Å². The van der Waals surface area contributed by atoms with Crippen LogP contribution >= 0.6 is 35.6 Å². The van der Waals surface area contributed by atoms with Crippen LogP contribution in [0.3, 0.4) is 0 Å². The van der Waals surface area contributed by atoms with Gasteiger partial charge in [-0.1, -0.05) is 43.6 Å². The van der Waals surface area contributed by atoms with E-state index >= 15 is 0 Å². The highest BCUT2D eigenvalue weighted by molar-refractivity contribution is 14.0. The molecule has 1 fully saturated rings. The zero-order valence-electron chi connectivity index (χ0n) is 17.9. The number of nitrogens with zero attached hydrogens (tertiary/aromatic N) is 2. The van der Waals surface area contributed by atoms with Gasteiger partial charge in [0.15, 0.2) is 5.96 Å². The second-order valence-electron chi connectivity index (χ2n) is 7.45. The maximum atomic E-state index is 12.5. The first-order chi connectivity index (χ1) is 13.6. The SMILES string of the molecule is CCC(CC)C(=O)N1CCC(NC(=NC)NCCCc2ccccc2Cl)CC1.I. The van der Waals surface area contributed by atoms with E-state index in [1.807, 2.05) is 23.1 Å². The lowest BCUT2D eigenvalue weighted by molar-refractivity contribution is -0.136. The van der Waals surface area contributed by atoms with Gasteiger partial charge in [-0.15, -0.1) is 24.0 Å². The molecule has 7 heteroatoms. The van der Waals surface area contributed by atoms with Crippen LogP contribution < -0.4 is 10.6 Å². The molecule has 164 valence electrons. The van der Waals surface area contributed by atoms with E-state index in [0.717, 1.165) is 69.1 Å². The van der Waals surface area contributed by atoms with Crippen molar-refractivity contribution in [2.75, 3.05) is 26.7 Å². The lowest BCUT2D eigenvalue weighted by Gasteiger charge is -2.34. The second-order valence-corrected chi connectivity index (χ2v) is 7.86. The summed E-state index contributed by atoms with van der Waals surface area (Å²) in [5, 5.41) is 7.73. The Morgan fingerprint density at radius 1 is 1.24 bits per heavy atom. The van der Waals surface area contributed by atoms with Gasteiger partial charge in [-0.25, -0.2) is 0 Å². The van der Waals surface area contributed by atoms with E-state index in [4.69, 9.17) is 11.6 Å². The van der Waals surface area contributed by atoms with Crippen LogP contribution in [0.15, 0.2) is 29.3 Å². The van der Waals surface area contributed by atoms with E-state index in [9.17, 15) is 4.79 Å². The molecule has 0 spiro atoms. The minimum Gasteiger partial charge on any atom is -0.356 e. The Kier molecular flexibility index (Phi) is 12.6. The number of halogens is 2. The van der Waals surface area contributed by atoms with E-state index in [1.54, 1.807) is 7.05 Å². The quantitative estimate of drug-likeness (QED) is 0.224. The normalized spacial score (nSPS) is 15.2. The number of guanidine groups is 1. The summed E-state index contributed by atoms with van der Waals surface area (Å²) in [6.45, 7) is 6.70. The largest absolute Gasteiger partial charge is 0.356 e. The van der Waals surface area contributed by atoms with Gasteiger partial charge in [0, 0.05) is 43.7 Å². The third kappa shape index (κ3) is 8.32. The molecule has 29 heavy (non-hydrogen) atoms. The van der Waals surface area contributed by atoms with Crippen molar-refractivity contribution in [1.82, 2.24) is 15.5 Å². The van der Waals surface area contributed by atoms with Crippen LogP contribution in [0, 0.1) is 5.92 Å². The van der Waals surface area contributed by atoms with Gasteiger partial charge in [0.2, 0.25) is 5.91 Å². The van der Waals surface area contributed by atoms with Crippen molar-refractivity contribution in [1.29, 1.82) is 0 Å². The molecule has 0 radical (unpaired) electrons. The number of piperidine rings is 1. The first-order valence-electron chi connectivity index (χ1n) is 10.6. The average Bonchev–Trinajstić information content (AvgIpc) is 2.72. The summed E-state index contributed by atoms with van der Waals surface area (Å²) < 4.78 is 0. The molecule has 1 aromatic rings. The van der Waals surface area contributed by atoms with Crippen molar-refractivity contribution in [3.8, 4) is 0 Å². The van der Waals surface area contributed by atoms with Crippen LogP contribution in [0.5, 0.6) is 0 Å². The first kappa shape index (κ1) is 26.0. The van der Waals surface area contributed by atoms with Crippen molar-refractivity contribution in [3.63, 3.8) is 0 Å². The van der Waals surface area contributed by atoms with E-state index in [-0.39, 0.29) is 29.9 Å². The third-order valence-corrected chi connectivity index (χ3v) is 5.95. The highest BCUT2D eigenvalue weighted by Gasteiger charge is 2.26. The van der Waals surface area contributed by atoms with Gasteiger partial charge in [0.1, 0.15) is 0 Å². The number of benzene rings is 1. The summed E-state index contributed by atoms with van der Waals surface area (Å²) in [5.41, 5.74) is 1.18. The molecule has 0 aromatic heterocycles. The Labute approximate surface area is 198 Å². The number of likely N-dealkylation sites (tertiary alicyclic amines) is 1. The Hall–Kier alpha value is -1.02. The van der Waals surface area contributed by atoms with Gasteiger partial charge < -0.3 is 15.5 Å². The smallest absolute Gasteiger partial charge is 0.225 e. The molecule has 1 heterocycles. The van der Waals surface area contributed by atoms with Crippen molar-refractivity contribution >= 4 is 47.4 Å². The number of carbonyl (C=O) groups is 1. The molecule has 1 aliphatic rings. The fourth-order valence-electron chi connectivity index (χ4n) is 3.72. The van der Waals surface area contributed by atoms with Crippen LogP contribution in [-0.2, 0) is 11.2 Å². The number of hydrogen-bond acceptors (Lipinski definition) is 2. The van der Waals surface area contributed by atoms with Gasteiger partial charge >= 0.3 is 0 Å². The van der Waals surface area contributed by atoms with E-state index in [2.05, 4.69) is 35.5 Å². The average molecular weight is 535 g/mol. The van der Waals surface area contributed by atoms with Gasteiger partial charge in [0.25, 0.3) is 0 Å². The summed E-state index contributed by atoms with van der Waals surface area (Å²) in [4.78, 5) is 18.9. The molecule has 5 nitrogen and oxygen atoms in total. The lowest BCUT2D eigenvalue weighted by Crippen LogP contribution is -2.50. The highest BCUT2D eigenvalue weighted by atomic mass is 127. The first-order valence-corrected chi connectivity index (χ1v) is 11.0. The molecular formula is C22H36ClIN4O. The molecule has 0 atom stereocenters. The van der Waals surface area contributed by atoms with E-state index in [1.165, 1.54) is 5.56 Å². The molecule has 1 amide bonds. The molecule has 0 aliphatic carbocycles. The minimum atomic E-state index is 0. The predicted molar refractivity (Wildman–Crippen MR) is 133 cm³/mol. The summed E-state index contributed by atoms with van der Waals surface area (Å²) in [7, 11) is 1.80. The van der Waals surface area contributed by atoms with Crippen LogP contribution in [0.4, 0.5) is 0 Å². The number of amides is 1. The Balaban J connectivity index is 0.00000420. The number of nitrogens with one attached hydrogen (secondary N) is 2. The second kappa shape index (κ2) is 14.1. The van der Waals surface area contributed by atoms with Crippen molar-refractivity contribution in [3.05, 3.63) is 34.9 Å². The number of rotatable bonds is 8. The fraction of sp³-hybridized carbons (Fsp3) is 0.636. The molecule has 1 saturated heterocycles. The minimum absolute atomic E-state index is 0. The Morgan fingerprint density at radius 2 is 1.90 bits per heavy atom. The molecule has 1 aliphatic heterocycles. The third-order valence-electron chi connectivity index (χ3n) is 5.58. The number of aryl methyl sites for hydroxylation is 1. The predicted octanol–water partition coefficient (Wildman–Crippen LogP) is 4.48. The monoisotopic (exact) mass is 534 g/mol.